The van der Waals surface area contributed by atoms with E-state index in [4.69, 9.17) is 5.73 Å². The van der Waals surface area contributed by atoms with E-state index in [2.05, 4.69) is 10.2 Å². The van der Waals surface area contributed by atoms with Gasteiger partial charge in [0.2, 0.25) is 0 Å². The van der Waals surface area contributed by atoms with Crippen LogP contribution in [0.1, 0.15) is 25.7 Å². The number of rotatable bonds is 4. The summed E-state index contributed by atoms with van der Waals surface area (Å²) >= 11 is 1.95. The molecule has 0 bridgehead atoms. The van der Waals surface area contributed by atoms with Crippen LogP contribution in [-0.2, 0) is 0 Å². The third kappa shape index (κ3) is 4.49. The lowest BCUT2D eigenvalue weighted by Gasteiger charge is -2.20. The van der Waals surface area contributed by atoms with Gasteiger partial charge in [-0.25, -0.2) is 4.39 Å². The van der Waals surface area contributed by atoms with Crippen LogP contribution in [0.15, 0.2) is 12.1 Å². The summed E-state index contributed by atoms with van der Waals surface area (Å²) in [5.74, 6) is -0.216. The number of nitrogens with two attached hydrogens (primary N) is 1. The first kappa shape index (κ1) is 14.8. The molecule has 0 spiro atoms. The number of nitrogen functional groups attached to an aromatic ring is 1. The third-order valence-corrected chi connectivity index (χ3v) is 4.36. The molecule has 1 aliphatic rings. The second kappa shape index (κ2) is 7.28. The molecule has 2 rings (SSSR count). The van der Waals surface area contributed by atoms with Crippen LogP contribution in [0, 0.1) is 9.39 Å². The minimum atomic E-state index is -0.216. The van der Waals surface area contributed by atoms with Gasteiger partial charge in [0.1, 0.15) is 5.82 Å². The molecule has 0 aromatic heterocycles. The van der Waals surface area contributed by atoms with E-state index in [9.17, 15) is 4.39 Å². The lowest BCUT2D eigenvalue weighted by atomic mass is 10.2. The van der Waals surface area contributed by atoms with Crippen molar-refractivity contribution < 1.29 is 4.39 Å². The lowest BCUT2D eigenvalue weighted by molar-refractivity contribution is 0.296. The molecular formula is C14H21FIN3. The average Bonchev–Trinajstić information content (AvgIpc) is 2.64. The van der Waals surface area contributed by atoms with Crippen LogP contribution in [-0.4, -0.2) is 31.1 Å². The summed E-state index contributed by atoms with van der Waals surface area (Å²) < 4.78 is 14.0. The molecule has 1 aromatic rings. The number of halogens is 2. The molecule has 106 valence electrons. The molecule has 0 radical (unpaired) electrons. The van der Waals surface area contributed by atoms with E-state index in [0.717, 1.165) is 13.1 Å². The van der Waals surface area contributed by atoms with Gasteiger partial charge in [0.05, 0.1) is 14.9 Å². The van der Waals surface area contributed by atoms with Gasteiger partial charge in [-0.1, -0.05) is 12.8 Å². The van der Waals surface area contributed by atoms with Crippen molar-refractivity contribution in [3.05, 3.63) is 21.5 Å². The summed E-state index contributed by atoms with van der Waals surface area (Å²) in [6.07, 6.45) is 5.28. The van der Waals surface area contributed by atoms with E-state index < -0.39 is 0 Å². The topological polar surface area (TPSA) is 41.3 Å². The van der Waals surface area contributed by atoms with Crippen molar-refractivity contribution in [1.82, 2.24) is 4.90 Å². The number of likely N-dealkylation sites (tertiary alicyclic amines) is 1. The van der Waals surface area contributed by atoms with E-state index >= 15 is 0 Å². The molecule has 3 nitrogen and oxygen atoms in total. The van der Waals surface area contributed by atoms with Gasteiger partial charge in [0, 0.05) is 19.2 Å². The molecule has 1 fully saturated rings. The number of benzene rings is 1. The van der Waals surface area contributed by atoms with E-state index in [1.54, 1.807) is 6.07 Å². The predicted molar refractivity (Wildman–Crippen MR) is 86.9 cm³/mol. The summed E-state index contributed by atoms with van der Waals surface area (Å²) in [5, 5.41) is 3.24. The highest BCUT2D eigenvalue weighted by molar-refractivity contribution is 14.1. The Morgan fingerprint density at radius 1 is 1.21 bits per heavy atom. The first-order chi connectivity index (χ1) is 9.16. The maximum absolute atomic E-state index is 13.5. The number of anilines is 2. The fraction of sp³-hybridized carbons (Fsp3) is 0.571. The normalized spacial score (nSPS) is 17.2. The highest BCUT2D eigenvalue weighted by atomic mass is 127. The first-order valence-corrected chi connectivity index (χ1v) is 7.95. The SMILES string of the molecule is Nc1cc(I)c(F)cc1NCCN1CCCCCC1. The predicted octanol–water partition coefficient (Wildman–Crippen LogP) is 3.30. The van der Waals surface area contributed by atoms with Crippen LogP contribution < -0.4 is 11.1 Å². The minimum Gasteiger partial charge on any atom is -0.397 e. The molecular weight excluding hydrogens is 356 g/mol. The van der Waals surface area contributed by atoms with Crippen LogP contribution in [0.3, 0.4) is 0 Å². The van der Waals surface area contributed by atoms with Crippen molar-refractivity contribution in [2.24, 2.45) is 0 Å². The molecule has 1 heterocycles. The number of hydrogen-bond donors (Lipinski definition) is 2. The van der Waals surface area contributed by atoms with Gasteiger partial charge < -0.3 is 16.0 Å². The lowest BCUT2D eigenvalue weighted by Crippen LogP contribution is -2.30. The average molecular weight is 377 g/mol. The first-order valence-electron chi connectivity index (χ1n) is 6.87. The molecule has 1 aromatic carbocycles. The fourth-order valence-electron chi connectivity index (χ4n) is 2.42. The van der Waals surface area contributed by atoms with E-state index in [-0.39, 0.29) is 5.82 Å². The van der Waals surface area contributed by atoms with Crippen LogP contribution in [0.5, 0.6) is 0 Å². The highest BCUT2D eigenvalue weighted by Gasteiger charge is 2.09. The monoisotopic (exact) mass is 377 g/mol. The smallest absolute Gasteiger partial charge is 0.138 e. The second-order valence-corrected chi connectivity index (χ2v) is 6.20. The van der Waals surface area contributed by atoms with Gasteiger partial charge in [-0.2, -0.15) is 0 Å². The van der Waals surface area contributed by atoms with Crippen LogP contribution in [0.4, 0.5) is 15.8 Å². The van der Waals surface area contributed by atoms with Crippen molar-refractivity contribution in [3.8, 4) is 0 Å². The Hall–Kier alpha value is -0.560. The minimum absolute atomic E-state index is 0.216. The zero-order valence-electron chi connectivity index (χ0n) is 11.1. The summed E-state index contributed by atoms with van der Waals surface area (Å²) in [6, 6.07) is 3.16. The Bertz CT molecular complexity index is 417. The number of nitrogens with zero attached hydrogens (tertiary/aromatic N) is 1. The van der Waals surface area contributed by atoms with Crippen molar-refractivity contribution in [2.75, 3.05) is 37.2 Å². The molecule has 0 atom stereocenters. The highest BCUT2D eigenvalue weighted by Crippen LogP contribution is 2.23. The van der Waals surface area contributed by atoms with Gasteiger partial charge in [-0.05, 0) is 54.6 Å². The molecule has 0 saturated carbocycles. The molecule has 0 aliphatic carbocycles. The van der Waals surface area contributed by atoms with Gasteiger partial charge in [-0.15, -0.1) is 0 Å². The summed E-state index contributed by atoms with van der Waals surface area (Å²) in [6.45, 7) is 4.16. The summed E-state index contributed by atoms with van der Waals surface area (Å²) in [5.41, 5.74) is 7.20. The standard InChI is InChI=1S/C14H21FIN3/c15-11-9-14(13(17)10-12(11)16)18-5-8-19-6-3-1-2-4-7-19/h9-10,18H,1-8,17H2. The van der Waals surface area contributed by atoms with Crippen LogP contribution in [0.25, 0.3) is 0 Å². The zero-order valence-corrected chi connectivity index (χ0v) is 13.2. The van der Waals surface area contributed by atoms with Gasteiger partial charge >= 0.3 is 0 Å². The Morgan fingerprint density at radius 2 is 1.89 bits per heavy atom. The number of hydrogen-bond acceptors (Lipinski definition) is 3. The maximum Gasteiger partial charge on any atom is 0.138 e. The molecule has 0 amide bonds. The summed E-state index contributed by atoms with van der Waals surface area (Å²) in [4.78, 5) is 2.47. The fourth-order valence-corrected chi connectivity index (χ4v) is 2.91. The van der Waals surface area contributed by atoms with Crippen molar-refractivity contribution in [3.63, 3.8) is 0 Å². The van der Waals surface area contributed by atoms with E-state index in [0.29, 0.717) is 14.9 Å². The van der Waals surface area contributed by atoms with Gasteiger partial charge in [0.15, 0.2) is 0 Å². The van der Waals surface area contributed by atoms with E-state index in [1.165, 1.54) is 44.8 Å². The molecule has 0 unspecified atom stereocenters. The van der Waals surface area contributed by atoms with Crippen LogP contribution >= 0.6 is 22.6 Å². The third-order valence-electron chi connectivity index (χ3n) is 3.53. The Morgan fingerprint density at radius 3 is 2.58 bits per heavy atom. The Balaban J connectivity index is 1.83. The molecule has 1 aliphatic heterocycles. The van der Waals surface area contributed by atoms with Gasteiger partial charge in [0.25, 0.3) is 0 Å². The van der Waals surface area contributed by atoms with Crippen molar-refractivity contribution >= 4 is 34.0 Å². The van der Waals surface area contributed by atoms with Gasteiger partial charge in [-0.3, -0.25) is 0 Å². The second-order valence-electron chi connectivity index (χ2n) is 5.04. The Labute approximate surface area is 127 Å². The Kier molecular flexibility index (Phi) is 5.69. The summed E-state index contributed by atoms with van der Waals surface area (Å²) in [7, 11) is 0. The van der Waals surface area contributed by atoms with Crippen LogP contribution in [0.2, 0.25) is 0 Å². The van der Waals surface area contributed by atoms with E-state index in [1.807, 2.05) is 22.6 Å². The molecule has 19 heavy (non-hydrogen) atoms. The molecule has 3 N–H and O–H groups in total. The maximum atomic E-state index is 13.5. The number of nitrogens with one attached hydrogen (secondary N) is 1. The van der Waals surface area contributed by atoms with Crippen molar-refractivity contribution in [1.29, 1.82) is 0 Å². The molecule has 5 heteroatoms. The largest absolute Gasteiger partial charge is 0.397 e. The zero-order chi connectivity index (χ0) is 13.7. The van der Waals surface area contributed by atoms with Crippen molar-refractivity contribution in [2.45, 2.75) is 25.7 Å². The quantitative estimate of drug-likeness (QED) is 0.625. The molecule has 1 saturated heterocycles.